The second kappa shape index (κ2) is 10.4. The fraction of sp³-hybridized carbons (Fsp3) is 0.542. The fourth-order valence-electron chi connectivity index (χ4n) is 3.92. The molecule has 0 bridgehead atoms. The molecule has 6 nitrogen and oxygen atoms in total. The molecule has 31 heavy (non-hydrogen) atoms. The highest BCUT2D eigenvalue weighted by Gasteiger charge is 2.23. The average Bonchev–Trinajstić information content (AvgIpc) is 2.71. The van der Waals surface area contributed by atoms with Crippen LogP contribution >= 0.6 is 11.6 Å². The summed E-state index contributed by atoms with van der Waals surface area (Å²) in [5.41, 5.74) is 0.920. The van der Waals surface area contributed by atoms with E-state index in [0.29, 0.717) is 35.7 Å². The molecule has 1 aliphatic rings. The number of benzene rings is 1. The predicted molar refractivity (Wildman–Crippen MR) is 121 cm³/mol. The van der Waals surface area contributed by atoms with Crippen molar-refractivity contribution in [2.45, 2.75) is 58.6 Å². The van der Waals surface area contributed by atoms with E-state index in [1.54, 1.807) is 6.07 Å². The SMILES string of the molecule is CC(C)(C)OC(=O)COC[C@H]1CC[C@H](Cn2nc(Cl)c(-c3ccccc3)cc2=O)CC1. The van der Waals surface area contributed by atoms with Crippen LogP contribution in [0.5, 0.6) is 0 Å². The van der Waals surface area contributed by atoms with Crippen LogP contribution in [0.4, 0.5) is 0 Å². The second-order valence-electron chi connectivity index (χ2n) is 9.22. The Labute approximate surface area is 188 Å². The summed E-state index contributed by atoms with van der Waals surface area (Å²) in [6.07, 6.45) is 3.99. The van der Waals surface area contributed by atoms with Crippen LogP contribution in [0.15, 0.2) is 41.2 Å². The summed E-state index contributed by atoms with van der Waals surface area (Å²) in [6, 6.07) is 11.1. The molecule has 1 aromatic heterocycles. The van der Waals surface area contributed by atoms with Crippen molar-refractivity contribution in [3.05, 3.63) is 51.9 Å². The Bertz CT molecular complexity index is 929. The first-order valence-electron chi connectivity index (χ1n) is 10.8. The second-order valence-corrected chi connectivity index (χ2v) is 9.58. The van der Waals surface area contributed by atoms with Crippen LogP contribution in [0.25, 0.3) is 11.1 Å². The number of hydrogen-bond donors (Lipinski definition) is 0. The molecule has 0 aliphatic heterocycles. The number of esters is 1. The highest BCUT2D eigenvalue weighted by molar-refractivity contribution is 6.32. The number of rotatable bonds is 7. The molecule has 0 spiro atoms. The maximum atomic E-state index is 12.6. The topological polar surface area (TPSA) is 70.4 Å². The molecule has 0 radical (unpaired) electrons. The normalized spacial score (nSPS) is 19.2. The minimum Gasteiger partial charge on any atom is -0.458 e. The summed E-state index contributed by atoms with van der Waals surface area (Å²) >= 11 is 6.37. The zero-order valence-corrected chi connectivity index (χ0v) is 19.2. The Balaban J connectivity index is 1.47. The van der Waals surface area contributed by atoms with Crippen LogP contribution in [-0.4, -0.2) is 34.6 Å². The first-order valence-corrected chi connectivity index (χ1v) is 11.2. The summed E-state index contributed by atoms with van der Waals surface area (Å²) in [7, 11) is 0. The summed E-state index contributed by atoms with van der Waals surface area (Å²) < 4.78 is 12.3. The third-order valence-electron chi connectivity index (χ3n) is 5.43. The molecular weight excluding hydrogens is 416 g/mol. The fourth-order valence-corrected chi connectivity index (χ4v) is 4.18. The molecule has 0 unspecified atom stereocenters. The monoisotopic (exact) mass is 446 g/mol. The molecule has 2 aromatic rings. The third kappa shape index (κ3) is 7.18. The Morgan fingerprint density at radius 3 is 2.42 bits per heavy atom. The maximum Gasteiger partial charge on any atom is 0.332 e. The smallest absolute Gasteiger partial charge is 0.332 e. The Hall–Kier alpha value is -2.18. The molecule has 3 rings (SSSR count). The highest BCUT2D eigenvalue weighted by atomic mass is 35.5. The molecule has 7 heteroatoms. The minimum absolute atomic E-state index is 0.0111. The van der Waals surface area contributed by atoms with E-state index in [9.17, 15) is 9.59 Å². The first kappa shape index (κ1) is 23.5. The Morgan fingerprint density at radius 2 is 1.77 bits per heavy atom. The summed E-state index contributed by atoms with van der Waals surface area (Å²) in [5.74, 6) is 0.473. The van der Waals surface area contributed by atoms with Crippen molar-refractivity contribution in [2.24, 2.45) is 11.8 Å². The van der Waals surface area contributed by atoms with Crippen molar-refractivity contribution < 1.29 is 14.3 Å². The van der Waals surface area contributed by atoms with E-state index < -0.39 is 5.60 Å². The van der Waals surface area contributed by atoms with Gasteiger partial charge in [0.05, 0.1) is 6.61 Å². The molecule has 0 saturated heterocycles. The lowest BCUT2D eigenvalue weighted by molar-refractivity contribution is -0.160. The standard InChI is InChI=1S/C24H31ClN2O4/c1-24(2,3)31-22(29)16-30-15-18-11-9-17(10-12-18)14-27-21(28)13-20(23(25)26-27)19-7-5-4-6-8-19/h4-8,13,17-18H,9-12,14-16H2,1-3H3/t17-,18-. The van der Waals surface area contributed by atoms with Crippen LogP contribution in [-0.2, 0) is 20.8 Å². The molecule has 0 amide bonds. The van der Waals surface area contributed by atoms with E-state index in [2.05, 4.69) is 5.10 Å². The number of halogens is 1. The van der Waals surface area contributed by atoms with E-state index >= 15 is 0 Å². The lowest BCUT2D eigenvalue weighted by atomic mass is 9.82. The summed E-state index contributed by atoms with van der Waals surface area (Å²) in [4.78, 5) is 24.3. The quantitative estimate of drug-likeness (QED) is 0.575. The average molecular weight is 447 g/mol. The van der Waals surface area contributed by atoms with Crippen LogP contribution in [0.1, 0.15) is 46.5 Å². The van der Waals surface area contributed by atoms with Crippen molar-refractivity contribution in [3.8, 4) is 11.1 Å². The molecule has 0 atom stereocenters. The zero-order chi connectivity index (χ0) is 22.4. The molecule has 1 saturated carbocycles. The Morgan fingerprint density at radius 1 is 1.13 bits per heavy atom. The van der Waals surface area contributed by atoms with Crippen molar-refractivity contribution >= 4 is 17.6 Å². The van der Waals surface area contributed by atoms with Crippen molar-refractivity contribution in [2.75, 3.05) is 13.2 Å². The van der Waals surface area contributed by atoms with Crippen LogP contribution < -0.4 is 5.56 Å². The van der Waals surface area contributed by atoms with Crippen molar-refractivity contribution in [3.63, 3.8) is 0 Å². The van der Waals surface area contributed by atoms with Crippen molar-refractivity contribution in [1.82, 2.24) is 9.78 Å². The van der Waals surface area contributed by atoms with Gasteiger partial charge in [0.1, 0.15) is 12.2 Å². The number of ether oxygens (including phenoxy) is 2. The van der Waals surface area contributed by atoms with Gasteiger partial charge >= 0.3 is 5.97 Å². The van der Waals surface area contributed by atoms with E-state index in [4.69, 9.17) is 21.1 Å². The van der Waals surface area contributed by atoms with Gasteiger partial charge in [0, 0.05) is 18.2 Å². The number of carbonyl (C=O) groups is 1. The van der Waals surface area contributed by atoms with E-state index in [1.165, 1.54) is 4.68 Å². The number of aromatic nitrogens is 2. The van der Waals surface area contributed by atoms with Gasteiger partial charge in [-0.2, -0.15) is 5.10 Å². The molecule has 0 N–H and O–H groups in total. The molecule has 1 aromatic carbocycles. The minimum atomic E-state index is -0.493. The molecular formula is C24H31ClN2O4. The van der Waals surface area contributed by atoms with E-state index in [0.717, 1.165) is 31.2 Å². The Kier molecular flexibility index (Phi) is 7.89. The molecule has 1 heterocycles. The van der Waals surface area contributed by atoms with Gasteiger partial charge in [-0.3, -0.25) is 4.79 Å². The third-order valence-corrected chi connectivity index (χ3v) is 5.71. The van der Waals surface area contributed by atoms with Crippen LogP contribution in [0.3, 0.4) is 0 Å². The van der Waals surface area contributed by atoms with Gasteiger partial charge in [-0.1, -0.05) is 41.9 Å². The van der Waals surface area contributed by atoms with Crippen LogP contribution in [0, 0.1) is 11.8 Å². The highest BCUT2D eigenvalue weighted by Crippen LogP contribution is 2.30. The maximum absolute atomic E-state index is 12.6. The first-order chi connectivity index (χ1) is 14.7. The largest absolute Gasteiger partial charge is 0.458 e. The molecule has 168 valence electrons. The van der Waals surface area contributed by atoms with E-state index in [1.807, 2.05) is 51.1 Å². The van der Waals surface area contributed by atoms with Crippen LogP contribution in [0.2, 0.25) is 5.15 Å². The zero-order valence-electron chi connectivity index (χ0n) is 18.5. The van der Waals surface area contributed by atoms with Crippen molar-refractivity contribution in [1.29, 1.82) is 0 Å². The number of hydrogen-bond acceptors (Lipinski definition) is 5. The lowest BCUT2D eigenvalue weighted by Crippen LogP contribution is -2.30. The summed E-state index contributed by atoms with van der Waals surface area (Å²) in [6.45, 7) is 6.64. The lowest BCUT2D eigenvalue weighted by Gasteiger charge is -2.28. The summed E-state index contributed by atoms with van der Waals surface area (Å²) in [5, 5.41) is 4.70. The van der Waals surface area contributed by atoms with E-state index in [-0.39, 0.29) is 18.1 Å². The van der Waals surface area contributed by atoms with Gasteiger partial charge in [0.25, 0.3) is 5.56 Å². The van der Waals surface area contributed by atoms with Gasteiger partial charge in [-0.15, -0.1) is 0 Å². The predicted octanol–water partition coefficient (Wildman–Crippen LogP) is 4.73. The van der Waals surface area contributed by atoms with Gasteiger partial charge in [0.15, 0.2) is 5.15 Å². The molecule has 1 fully saturated rings. The van der Waals surface area contributed by atoms with Gasteiger partial charge in [0.2, 0.25) is 0 Å². The number of carbonyl (C=O) groups excluding carboxylic acids is 1. The van der Waals surface area contributed by atoms with Gasteiger partial charge in [-0.05, 0) is 63.9 Å². The number of nitrogens with zero attached hydrogens (tertiary/aromatic N) is 2. The van der Waals surface area contributed by atoms with Gasteiger partial charge < -0.3 is 9.47 Å². The van der Waals surface area contributed by atoms with Gasteiger partial charge in [-0.25, -0.2) is 9.48 Å². The molecule has 1 aliphatic carbocycles.